The van der Waals surface area contributed by atoms with Gasteiger partial charge in [0.1, 0.15) is 45.4 Å². The maximum absolute atomic E-state index is 6.59. The Morgan fingerprint density at radius 1 is 0.382 bits per heavy atom. The third-order valence-corrected chi connectivity index (χ3v) is 4.63. The summed E-state index contributed by atoms with van der Waals surface area (Å²) >= 11 is 0. The molecule has 0 radical (unpaired) electrons. The molecule has 0 unspecified atom stereocenters. The normalized spacial score (nSPS) is 13.3. The van der Waals surface area contributed by atoms with Gasteiger partial charge in [-0.05, 0) is 119 Å². The van der Waals surface area contributed by atoms with Gasteiger partial charge in [0.05, 0.1) is 0 Å². The van der Waals surface area contributed by atoms with Crippen LogP contribution in [0.5, 0.6) is 23.0 Å². The Kier molecular flexibility index (Phi) is 6.54. The van der Waals surface area contributed by atoms with Gasteiger partial charge in [0.2, 0.25) is 0 Å². The second-order valence-electron chi connectivity index (χ2n) is 12.9. The number of hydrogen-bond donors (Lipinski definition) is 0. The second kappa shape index (κ2) is 8.55. The van der Waals surface area contributed by atoms with Gasteiger partial charge in [-0.2, -0.15) is 0 Å². The van der Waals surface area contributed by atoms with Crippen LogP contribution >= 0.6 is 0 Å². The maximum atomic E-state index is 6.59. The first-order valence-corrected chi connectivity index (χ1v) is 12.1. The highest BCUT2D eigenvalue weighted by atomic mass is 16.5. The number of ether oxygens (including phenoxy) is 4. The van der Waals surface area contributed by atoms with E-state index in [2.05, 4.69) is 107 Å². The van der Waals surface area contributed by atoms with Gasteiger partial charge in [-0.1, -0.05) is 0 Å². The second-order valence-corrected chi connectivity index (χ2v) is 12.9. The molecule has 0 fully saturated rings. The molecule has 3 aromatic carbocycles. The first-order chi connectivity index (χ1) is 15.3. The fourth-order valence-electron chi connectivity index (χ4n) is 3.77. The van der Waals surface area contributed by atoms with Crippen LogP contribution in [0.2, 0.25) is 0 Å². The van der Waals surface area contributed by atoms with Crippen LogP contribution in [-0.2, 0) is 0 Å². The topological polar surface area (TPSA) is 36.9 Å². The van der Waals surface area contributed by atoms with Crippen LogP contribution in [0.15, 0.2) is 36.4 Å². The van der Waals surface area contributed by atoms with Gasteiger partial charge in [-0.15, -0.1) is 0 Å². The van der Waals surface area contributed by atoms with Gasteiger partial charge in [-0.3, -0.25) is 0 Å². The van der Waals surface area contributed by atoms with Crippen LogP contribution in [0, 0.1) is 0 Å². The summed E-state index contributed by atoms with van der Waals surface area (Å²) in [7, 11) is 0. The van der Waals surface area contributed by atoms with Crippen LogP contribution in [0.25, 0.3) is 21.5 Å². The minimum absolute atomic E-state index is 0.306. The van der Waals surface area contributed by atoms with E-state index in [0.717, 1.165) is 44.5 Å². The SMILES string of the molecule is CC(C)(C)Oc1ccc2c(OC(C)(C)C)c3cc(OC(C)(C)C)ccc3c(OC(C)(C)C)c2c1. The minimum atomic E-state index is -0.381. The Morgan fingerprint density at radius 2 is 0.676 bits per heavy atom. The van der Waals surface area contributed by atoms with Crippen LogP contribution in [0.1, 0.15) is 83.1 Å². The fraction of sp³-hybridized carbons (Fsp3) is 0.533. The van der Waals surface area contributed by atoms with Crippen LogP contribution in [0.3, 0.4) is 0 Å². The molecule has 0 bridgehead atoms. The monoisotopic (exact) mass is 466 g/mol. The van der Waals surface area contributed by atoms with E-state index >= 15 is 0 Å². The Morgan fingerprint density at radius 3 is 0.941 bits per heavy atom. The van der Waals surface area contributed by atoms with E-state index in [0.29, 0.717) is 0 Å². The Labute approximate surface area is 205 Å². The summed E-state index contributed by atoms with van der Waals surface area (Å²) in [5.41, 5.74) is -1.37. The van der Waals surface area contributed by atoms with E-state index in [-0.39, 0.29) is 22.4 Å². The molecule has 0 aliphatic carbocycles. The number of fused-ring (bicyclic) bond motifs is 2. The summed E-state index contributed by atoms with van der Waals surface area (Å²) < 4.78 is 25.6. The van der Waals surface area contributed by atoms with Gasteiger partial charge < -0.3 is 18.9 Å². The molecule has 4 nitrogen and oxygen atoms in total. The molecule has 0 amide bonds. The summed E-state index contributed by atoms with van der Waals surface area (Å²) in [4.78, 5) is 0. The quantitative estimate of drug-likeness (QED) is 0.360. The van der Waals surface area contributed by atoms with E-state index in [4.69, 9.17) is 18.9 Å². The van der Waals surface area contributed by atoms with Crippen molar-refractivity contribution in [3.05, 3.63) is 36.4 Å². The van der Waals surface area contributed by atoms with E-state index in [1.54, 1.807) is 0 Å². The number of rotatable bonds is 4. The standard InChI is InChI=1S/C30H42O4/c1-27(2,3)31-19-13-15-21-23(17-19)25(33-29(7,8)9)22-16-14-20(32-28(4,5)6)18-24(22)26(21)34-30(10,11)12/h13-18H,1-12H3. The molecule has 3 aromatic rings. The highest BCUT2D eigenvalue weighted by Gasteiger charge is 2.25. The molecule has 34 heavy (non-hydrogen) atoms. The van der Waals surface area contributed by atoms with Gasteiger partial charge >= 0.3 is 0 Å². The average Bonchev–Trinajstić information content (AvgIpc) is 2.60. The zero-order chi connectivity index (χ0) is 25.7. The van der Waals surface area contributed by atoms with Crippen molar-refractivity contribution in [1.29, 1.82) is 0 Å². The summed E-state index contributed by atoms with van der Waals surface area (Å²) in [5, 5.41) is 3.90. The minimum Gasteiger partial charge on any atom is -0.488 e. The third kappa shape index (κ3) is 6.71. The van der Waals surface area contributed by atoms with Crippen LogP contribution < -0.4 is 18.9 Å². The van der Waals surface area contributed by atoms with Crippen molar-refractivity contribution in [2.45, 2.75) is 105 Å². The zero-order valence-electron chi connectivity index (χ0n) is 23.1. The molecule has 0 spiro atoms. The molecule has 186 valence electrons. The predicted octanol–water partition coefficient (Wildman–Crippen LogP) is 8.70. The lowest BCUT2D eigenvalue weighted by Gasteiger charge is -2.29. The fourth-order valence-corrected chi connectivity index (χ4v) is 3.77. The number of hydrogen-bond acceptors (Lipinski definition) is 4. The molecular weight excluding hydrogens is 424 g/mol. The van der Waals surface area contributed by atoms with Crippen molar-refractivity contribution in [3.63, 3.8) is 0 Å². The molecule has 0 atom stereocenters. The van der Waals surface area contributed by atoms with Gasteiger partial charge in [0.15, 0.2) is 0 Å². The van der Waals surface area contributed by atoms with Crippen LogP contribution in [0.4, 0.5) is 0 Å². The summed E-state index contributed by atoms with van der Waals surface area (Å²) in [6, 6.07) is 12.3. The van der Waals surface area contributed by atoms with Crippen molar-refractivity contribution >= 4 is 21.5 Å². The predicted molar refractivity (Wildman–Crippen MR) is 143 cm³/mol. The smallest absolute Gasteiger partial charge is 0.136 e. The van der Waals surface area contributed by atoms with Crippen molar-refractivity contribution in [2.75, 3.05) is 0 Å². The molecule has 0 aliphatic heterocycles. The van der Waals surface area contributed by atoms with Crippen molar-refractivity contribution < 1.29 is 18.9 Å². The molecule has 0 N–H and O–H groups in total. The van der Waals surface area contributed by atoms with Gasteiger partial charge in [-0.25, -0.2) is 0 Å². The summed E-state index contributed by atoms with van der Waals surface area (Å²) in [5.74, 6) is 3.24. The van der Waals surface area contributed by atoms with Crippen LogP contribution in [-0.4, -0.2) is 22.4 Å². The molecule has 0 aromatic heterocycles. The lowest BCUT2D eigenvalue weighted by atomic mass is 9.98. The molecule has 0 saturated carbocycles. The summed E-state index contributed by atoms with van der Waals surface area (Å²) in [6.07, 6.45) is 0. The largest absolute Gasteiger partial charge is 0.488 e. The lowest BCUT2D eigenvalue weighted by Crippen LogP contribution is -2.25. The maximum Gasteiger partial charge on any atom is 0.136 e. The Balaban J connectivity index is 2.42. The summed E-state index contributed by atoms with van der Waals surface area (Å²) in [6.45, 7) is 24.7. The van der Waals surface area contributed by atoms with Crippen molar-refractivity contribution in [2.24, 2.45) is 0 Å². The molecule has 0 heterocycles. The third-order valence-electron chi connectivity index (χ3n) is 4.63. The lowest BCUT2D eigenvalue weighted by molar-refractivity contribution is 0.128. The molecule has 0 aliphatic rings. The van der Waals surface area contributed by atoms with Gasteiger partial charge in [0.25, 0.3) is 0 Å². The van der Waals surface area contributed by atoms with E-state index in [1.165, 1.54) is 0 Å². The van der Waals surface area contributed by atoms with E-state index in [1.807, 2.05) is 12.1 Å². The first kappa shape index (κ1) is 26.0. The highest BCUT2D eigenvalue weighted by Crippen LogP contribution is 2.47. The zero-order valence-corrected chi connectivity index (χ0v) is 23.1. The number of benzene rings is 3. The Hall–Kier alpha value is -2.62. The Bertz CT molecular complexity index is 1080. The highest BCUT2D eigenvalue weighted by molar-refractivity contribution is 6.11. The van der Waals surface area contributed by atoms with Crippen molar-refractivity contribution in [1.82, 2.24) is 0 Å². The van der Waals surface area contributed by atoms with E-state index in [9.17, 15) is 0 Å². The molecule has 0 saturated heterocycles. The average molecular weight is 467 g/mol. The molecule has 4 heteroatoms. The molecular formula is C30H42O4. The van der Waals surface area contributed by atoms with E-state index < -0.39 is 0 Å². The van der Waals surface area contributed by atoms with Gasteiger partial charge in [0, 0.05) is 21.5 Å². The first-order valence-electron chi connectivity index (χ1n) is 12.1. The van der Waals surface area contributed by atoms with Crippen molar-refractivity contribution in [3.8, 4) is 23.0 Å². The molecule has 3 rings (SSSR count).